The van der Waals surface area contributed by atoms with E-state index in [1.165, 1.54) is 18.2 Å². The SMILES string of the molecule is Cl.Nc1ccc(C(=O)NCC2CCCN2)cc1[N+](=O)[O-]. The number of amides is 1. The molecule has 0 aliphatic carbocycles. The van der Waals surface area contributed by atoms with Crippen LogP contribution in [0.4, 0.5) is 11.4 Å². The Bertz CT molecular complexity index is 503. The van der Waals surface area contributed by atoms with Crippen LogP contribution < -0.4 is 16.4 Å². The Hall–Kier alpha value is -1.86. The maximum atomic E-state index is 11.9. The van der Waals surface area contributed by atoms with Crippen LogP contribution in [0.15, 0.2) is 18.2 Å². The lowest BCUT2D eigenvalue weighted by Crippen LogP contribution is -2.37. The second-order valence-corrected chi connectivity index (χ2v) is 4.53. The maximum absolute atomic E-state index is 11.9. The third-order valence-electron chi connectivity index (χ3n) is 3.16. The van der Waals surface area contributed by atoms with Gasteiger partial charge in [-0.15, -0.1) is 12.4 Å². The average molecular weight is 301 g/mol. The van der Waals surface area contributed by atoms with Gasteiger partial charge in [0.2, 0.25) is 0 Å². The Kier molecular flexibility index (Phi) is 5.72. The quantitative estimate of drug-likeness (QED) is 0.438. The molecule has 0 aromatic heterocycles. The highest BCUT2D eigenvalue weighted by atomic mass is 35.5. The summed E-state index contributed by atoms with van der Waals surface area (Å²) >= 11 is 0. The van der Waals surface area contributed by atoms with Gasteiger partial charge in [0.1, 0.15) is 5.69 Å². The number of nitro groups is 1. The Balaban J connectivity index is 0.00000200. The maximum Gasteiger partial charge on any atom is 0.292 e. The summed E-state index contributed by atoms with van der Waals surface area (Å²) < 4.78 is 0. The lowest BCUT2D eigenvalue weighted by molar-refractivity contribution is -0.383. The molecule has 1 aliphatic rings. The summed E-state index contributed by atoms with van der Waals surface area (Å²) in [4.78, 5) is 22.0. The Morgan fingerprint density at radius 1 is 1.55 bits per heavy atom. The van der Waals surface area contributed by atoms with Gasteiger partial charge < -0.3 is 16.4 Å². The molecule has 0 saturated carbocycles. The summed E-state index contributed by atoms with van der Waals surface area (Å²) in [6, 6.07) is 4.35. The molecule has 0 radical (unpaired) electrons. The molecule has 1 atom stereocenters. The van der Waals surface area contributed by atoms with Crippen LogP contribution in [0.25, 0.3) is 0 Å². The molecule has 1 aromatic rings. The van der Waals surface area contributed by atoms with Crippen LogP contribution in [0.3, 0.4) is 0 Å². The number of rotatable bonds is 4. The van der Waals surface area contributed by atoms with Crippen molar-refractivity contribution in [3.8, 4) is 0 Å². The Labute approximate surface area is 122 Å². The summed E-state index contributed by atoms with van der Waals surface area (Å²) in [5.74, 6) is -0.322. The molecule has 1 heterocycles. The zero-order chi connectivity index (χ0) is 13.8. The number of carbonyl (C=O) groups is 1. The van der Waals surface area contributed by atoms with Gasteiger partial charge in [0, 0.05) is 24.2 Å². The van der Waals surface area contributed by atoms with E-state index in [9.17, 15) is 14.9 Å². The molecule has 4 N–H and O–H groups in total. The van der Waals surface area contributed by atoms with Crippen molar-refractivity contribution in [2.24, 2.45) is 0 Å². The van der Waals surface area contributed by atoms with Gasteiger partial charge in [0.15, 0.2) is 0 Å². The number of benzene rings is 1. The van der Waals surface area contributed by atoms with Crippen molar-refractivity contribution in [2.75, 3.05) is 18.8 Å². The van der Waals surface area contributed by atoms with E-state index in [0.717, 1.165) is 19.4 Å². The fourth-order valence-corrected chi connectivity index (χ4v) is 2.09. The van der Waals surface area contributed by atoms with Crippen LogP contribution in [0.1, 0.15) is 23.2 Å². The molecule has 2 rings (SSSR count). The predicted octanol–water partition coefficient (Wildman–Crippen LogP) is 1.08. The van der Waals surface area contributed by atoms with Gasteiger partial charge in [0.25, 0.3) is 11.6 Å². The minimum Gasteiger partial charge on any atom is -0.393 e. The molecule has 1 unspecified atom stereocenters. The monoisotopic (exact) mass is 300 g/mol. The second-order valence-electron chi connectivity index (χ2n) is 4.53. The average Bonchev–Trinajstić information content (AvgIpc) is 2.89. The van der Waals surface area contributed by atoms with Crippen molar-refractivity contribution in [3.63, 3.8) is 0 Å². The smallest absolute Gasteiger partial charge is 0.292 e. The van der Waals surface area contributed by atoms with Gasteiger partial charge in [0.05, 0.1) is 4.92 Å². The zero-order valence-electron chi connectivity index (χ0n) is 10.8. The van der Waals surface area contributed by atoms with Crippen LogP contribution in [-0.2, 0) is 0 Å². The topological polar surface area (TPSA) is 110 Å². The van der Waals surface area contributed by atoms with Crippen LogP contribution in [0.2, 0.25) is 0 Å². The number of anilines is 1. The number of nitro benzene ring substituents is 1. The minimum absolute atomic E-state index is 0. The first-order valence-electron chi connectivity index (χ1n) is 6.13. The molecule has 1 saturated heterocycles. The van der Waals surface area contributed by atoms with E-state index >= 15 is 0 Å². The number of hydrogen-bond donors (Lipinski definition) is 3. The van der Waals surface area contributed by atoms with E-state index in [4.69, 9.17) is 5.73 Å². The van der Waals surface area contributed by atoms with E-state index in [0.29, 0.717) is 6.54 Å². The summed E-state index contributed by atoms with van der Waals surface area (Å²) in [5, 5.41) is 16.8. The number of nitrogens with two attached hydrogens (primary N) is 1. The van der Waals surface area contributed by atoms with Gasteiger partial charge in [-0.05, 0) is 31.5 Å². The number of nitrogens with zero attached hydrogens (tertiary/aromatic N) is 1. The number of nitrogens with one attached hydrogen (secondary N) is 2. The molecule has 0 bridgehead atoms. The summed E-state index contributed by atoms with van der Waals surface area (Å²) in [6.07, 6.45) is 2.13. The van der Waals surface area contributed by atoms with Crippen LogP contribution in [0, 0.1) is 10.1 Å². The van der Waals surface area contributed by atoms with E-state index in [-0.39, 0.29) is 41.3 Å². The van der Waals surface area contributed by atoms with Gasteiger partial charge in [-0.2, -0.15) is 0 Å². The first kappa shape index (κ1) is 16.2. The van der Waals surface area contributed by atoms with E-state index < -0.39 is 4.92 Å². The standard InChI is InChI=1S/C12H16N4O3.ClH/c13-10-4-3-8(6-11(10)16(18)19)12(17)15-7-9-2-1-5-14-9;/h3-4,6,9,14H,1-2,5,7,13H2,(H,15,17);1H. The van der Waals surface area contributed by atoms with Crippen molar-refractivity contribution in [1.82, 2.24) is 10.6 Å². The number of carbonyl (C=O) groups excluding carboxylic acids is 1. The lowest BCUT2D eigenvalue weighted by atomic mass is 10.1. The first-order chi connectivity index (χ1) is 9.08. The lowest BCUT2D eigenvalue weighted by Gasteiger charge is -2.11. The van der Waals surface area contributed by atoms with Gasteiger partial charge >= 0.3 is 0 Å². The minimum atomic E-state index is -0.593. The number of hydrogen-bond acceptors (Lipinski definition) is 5. The van der Waals surface area contributed by atoms with Crippen LogP contribution >= 0.6 is 12.4 Å². The largest absolute Gasteiger partial charge is 0.393 e. The molecule has 1 fully saturated rings. The number of halogens is 1. The summed E-state index contributed by atoms with van der Waals surface area (Å²) in [7, 11) is 0. The molecule has 1 aromatic carbocycles. The normalized spacial score (nSPS) is 17.3. The summed E-state index contributed by atoms with van der Waals surface area (Å²) in [6.45, 7) is 1.49. The highest BCUT2D eigenvalue weighted by Crippen LogP contribution is 2.22. The predicted molar refractivity (Wildman–Crippen MR) is 78.1 cm³/mol. The number of nitrogen functional groups attached to an aromatic ring is 1. The van der Waals surface area contributed by atoms with Crippen molar-refractivity contribution >= 4 is 29.7 Å². The van der Waals surface area contributed by atoms with Crippen LogP contribution in [-0.4, -0.2) is 30.0 Å². The van der Waals surface area contributed by atoms with Gasteiger partial charge in [-0.25, -0.2) is 0 Å². The Morgan fingerprint density at radius 2 is 2.30 bits per heavy atom. The molecule has 110 valence electrons. The van der Waals surface area contributed by atoms with Gasteiger partial charge in [-0.1, -0.05) is 0 Å². The highest BCUT2D eigenvalue weighted by molar-refractivity contribution is 5.95. The third-order valence-corrected chi connectivity index (χ3v) is 3.16. The molecular formula is C12H17ClN4O3. The van der Waals surface area contributed by atoms with E-state index in [1.54, 1.807) is 0 Å². The molecular weight excluding hydrogens is 284 g/mol. The first-order valence-corrected chi connectivity index (χ1v) is 6.13. The Morgan fingerprint density at radius 3 is 2.90 bits per heavy atom. The molecule has 7 nitrogen and oxygen atoms in total. The van der Waals surface area contributed by atoms with Crippen LogP contribution in [0.5, 0.6) is 0 Å². The van der Waals surface area contributed by atoms with E-state index in [2.05, 4.69) is 10.6 Å². The fourth-order valence-electron chi connectivity index (χ4n) is 2.09. The molecule has 1 aliphatic heterocycles. The molecule has 20 heavy (non-hydrogen) atoms. The second kappa shape index (κ2) is 7.06. The third kappa shape index (κ3) is 3.82. The van der Waals surface area contributed by atoms with Crippen molar-refractivity contribution < 1.29 is 9.72 Å². The van der Waals surface area contributed by atoms with Crippen molar-refractivity contribution in [3.05, 3.63) is 33.9 Å². The van der Waals surface area contributed by atoms with Crippen molar-refractivity contribution in [2.45, 2.75) is 18.9 Å². The van der Waals surface area contributed by atoms with Gasteiger partial charge in [-0.3, -0.25) is 14.9 Å². The zero-order valence-corrected chi connectivity index (χ0v) is 11.6. The van der Waals surface area contributed by atoms with Crippen molar-refractivity contribution in [1.29, 1.82) is 0 Å². The highest BCUT2D eigenvalue weighted by Gasteiger charge is 2.18. The summed E-state index contributed by atoms with van der Waals surface area (Å²) in [5.41, 5.74) is 5.54. The molecule has 0 spiro atoms. The van der Waals surface area contributed by atoms with E-state index in [1.807, 2.05) is 0 Å². The molecule has 1 amide bonds. The molecule has 8 heteroatoms. The fraction of sp³-hybridized carbons (Fsp3) is 0.417.